The highest BCUT2D eigenvalue weighted by Crippen LogP contribution is 2.56. The zero-order chi connectivity index (χ0) is 10.5. The Hall–Kier alpha value is 0.590. The Morgan fingerprint density at radius 2 is 1.77 bits per heavy atom. The van der Waals surface area contributed by atoms with E-state index in [4.69, 9.17) is 9.05 Å². The van der Waals surface area contributed by atoms with Crippen LogP contribution in [0.1, 0.15) is 20.8 Å². The van der Waals surface area contributed by atoms with Crippen LogP contribution in [0.4, 0.5) is 0 Å². The summed E-state index contributed by atoms with van der Waals surface area (Å²) in [7, 11) is -3.20. The average Bonchev–Trinajstić information content (AvgIpc) is 2.03. The van der Waals surface area contributed by atoms with Crippen LogP contribution < -0.4 is 0 Å². The summed E-state index contributed by atoms with van der Waals surface area (Å²) >= 11 is 3.10. The summed E-state index contributed by atoms with van der Waals surface area (Å²) in [6, 6.07) is 0. The molecule has 0 radical (unpaired) electrons. The molecule has 1 N–H and O–H groups in total. The fraction of sp³-hybridized carbons (Fsp3) is 1.00. The Balaban J connectivity index is 4.47. The monoisotopic (exact) mass is 274 g/mol. The summed E-state index contributed by atoms with van der Waals surface area (Å²) in [6.45, 7) is 5.59. The lowest BCUT2D eigenvalue weighted by Crippen LogP contribution is -2.19. The van der Waals surface area contributed by atoms with Crippen molar-refractivity contribution >= 4 is 23.5 Å². The number of rotatable bonds is 6. The van der Waals surface area contributed by atoms with Gasteiger partial charge in [0.25, 0.3) is 0 Å². The zero-order valence-electron chi connectivity index (χ0n) is 8.07. The van der Waals surface area contributed by atoms with Gasteiger partial charge in [0.1, 0.15) is 4.57 Å². The molecule has 0 saturated carbocycles. The van der Waals surface area contributed by atoms with Gasteiger partial charge in [0.2, 0.25) is 0 Å². The van der Waals surface area contributed by atoms with E-state index in [1.54, 1.807) is 13.8 Å². The van der Waals surface area contributed by atoms with Crippen molar-refractivity contribution in [1.29, 1.82) is 0 Å². The molecular formula is C7H16BrO4P. The molecule has 0 aliphatic carbocycles. The van der Waals surface area contributed by atoms with Gasteiger partial charge in [0.05, 0.1) is 19.3 Å². The van der Waals surface area contributed by atoms with Gasteiger partial charge in [-0.3, -0.25) is 4.57 Å². The van der Waals surface area contributed by atoms with Crippen LogP contribution in [-0.2, 0) is 13.6 Å². The summed E-state index contributed by atoms with van der Waals surface area (Å²) in [4.78, 5) is 0. The Bertz CT molecular complexity index is 175. The van der Waals surface area contributed by atoms with Gasteiger partial charge in [-0.2, -0.15) is 0 Å². The van der Waals surface area contributed by atoms with Gasteiger partial charge in [-0.25, -0.2) is 0 Å². The van der Waals surface area contributed by atoms with E-state index in [0.717, 1.165) is 0 Å². The third kappa shape index (κ3) is 4.09. The van der Waals surface area contributed by atoms with Crippen molar-refractivity contribution in [3.8, 4) is 0 Å². The highest BCUT2D eigenvalue weighted by molar-refractivity contribution is 9.10. The first-order valence-electron chi connectivity index (χ1n) is 4.18. The molecule has 0 fully saturated rings. The number of aliphatic hydroxyl groups excluding tert-OH is 1. The van der Waals surface area contributed by atoms with E-state index in [1.807, 2.05) is 0 Å². The van der Waals surface area contributed by atoms with E-state index in [1.165, 1.54) is 6.92 Å². The van der Waals surface area contributed by atoms with Crippen molar-refractivity contribution in [2.45, 2.75) is 31.4 Å². The first-order chi connectivity index (χ1) is 5.98. The molecule has 0 aliphatic heterocycles. The molecule has 2 atom stereocenters. The van der Waals surface area contributed by atoms with Crippen LogP contribution >= 0.6 is 23.5 Å². The van der Waals surface area contributed by atoms with Gasteiger partial charge in [-0.15, -0.1) is 0 Å². The van der Waals surface area contributed by atoms with Crippen molar-refractivity contribution < 1.29 is 18.7 Å². The number of alkyl halides is 1. The zero-order valence-corrected chi connectivity index (χ0v) is 10.5. The van der Waals surface area contributed by atoms with Crippen molar-refractivity contribution in [1.82, 2.24) is 0 Å². The molecule has 0 unspecified atom stereocenters. The lowest BCUT2D eigenvalue weighted by molar-refractivity contribution is 0.174. The van der Waals surface area contributed by atoms with Crippen LogP contribution in [0.15, 0.2) is 0 Å². The van der Waals surface area contributed by atoms with Crippen LogP contribution in [0.25, 0.3) is 0 Å². The standard InChI is InChI=1S/C7H16BrO4P/c1-4-11-13(10,12-5-2)7(8)6(3)9/h6-7,9H,4-5H2,1-3H3/t6-,7-/m0/s1. The predicted octanol–water partition coefficient (Wildman–Crippen LogP) is 2.35. The molecule has 0 aromatic rings. The minimum Gasteiger partial charge on any atom is -0.392 e. The average molecular weight is 275 g/mol. The topological polar surface area (TPSA) is 55.8 Å². The molecule has 0 heterocycles. The van der Waals surface area contributed by atoms with Crippen LogP contribution in [0.2, 0.25) is 0 Å². The second kappa shape index (κ2) is 6.14. The molecule has 6 heteroatoms. The van der Waals surface area contributed by atoms with Gasteiger partial charge in [-0.05, 0) is 20.8 Å². The normalized spacial score (nSPS) is 17.0. The maximum absolute atomic E-state index is 11.9. The van der Waals surface area contributed by atoms with Crippen molar-refractivity contribution in [3.63, 3.8) is 0 Å². The van der Waals surface area contributed by atoms with Crippen molar-refractivity contribution in [3.05, 3.63) is 0 Å². The van der Waals surface area contributed by atoms with Crippen LogP contribution in [0.3, 0.4) is 0 Å². The highest BCUT2D eigenvalue weighted by atomic mass is 79.9. The second-order valence-electron chi connectivity index (χ2n) is 2.49. The fourth-order valence-corrected chi connectivity index (χ4v) is 3.12. The molecule has 80 valence electrons. The predicted molar refractivity (Wildman–Crippen MR) is 55.3 cm³/mol. The maximum atomic E-state index is 11.9. The van der Waals surface area contributed by atoms with E-state index in [9.17, 15) is 9.67 Å². The molecule has 0 amide bonds. The van der Waals surface area contributed by atoms with E-state index in [0.29, 0.717) is 13.2 Å². The maximum Gasteiger partial charge on any atom is 0.346 e. The molecule has 0 bridgehead atoms. The summed E-state index contributed by atoms with van der Waals surface area (Å²) in [5, 5.41) is 9.23. The van der Waals surface area contributed by atoms with Crippen LogP contribution in [0, 0.1) is 0 Å². The molecule has 0 aliphatic rings. The first-order valence-corrected chi connectivity index (χ1v) is 6.71. The minimum absolute atomic E-state index is 0.298. The second-order valence-corrected chi connectivity index (χ2v) is 6.34. The minimum atomic E-state index is -3.20. The lowest BCUT2D eigenvalue weighted by Gasteiger charge is -2.23. The van der Waals surface area contributed by atoms with Crippen LogP contribution in [-0.4, -0.2) is 29.0 Å². The van der Waals surface area contributed by atoms with E-state index in [-0.39, 0.29) is 0 Å². The number of aliphatic hydroxyl groups is 1. The third-order valence-electron chi connectivity index (χ3n) is 1.32. The van der Waals surface area contributed by atoms with Gasteiger partial charge < -0.3 is 14.2 Å². The summed E-state index contributed by atoms with van der Waals surface area (Å²) < 4.78 is 21.3. The smallest absolute Gasteiger partial charge is 0.346 e. The van der Waals surface area contributed by atoms with Crippen LogP contribution in [0.5, 0.6) is 0 Å². The van der Waals surface area contributed by atoms with Gasteiger partial charge in [0, 0.05) is 0 Å². The Labute approximate surface area is 87.3 Å². The van der Waals surface area contributed by atoms with Crippen molar-refractivity contribution in [2.75, 3.05) is 13.2 Å². The molecule has 0 spiro atoms. The summed E-state index contributed by atoms with van der Waals surface area (Å²) in [5.74, 6) is 0. The van der Waals surface area contributed by atoms with Gasteiger partial charge in [-0.1, -0.05) is 15.9 Å². The Kier molecular flexibility index (Phi) is 6.42. The number of hydrogen-bond donors (Lipinski definition) is 1. The summed E-state index contributed by atoms with van der Waals surface area (Å²) in [5.41, 5.74) is 0. The fourth-order valence-electron chi connectivity index (χ4n) is 0.804. The molecular weight excluding hydrogens is 259 g/mol. The quantitative estimate of drug-likeness (QED) is 0.597. The Morgan fingerprint density at radius 1 is 1.38 bits per heavy atom. The molecule has 4 nitrogen and oxygen atoms in total. The number of halogens is 1. The molecule has 0 rings (SSSR count). The molecule has 0 aromatic heterocycles. The van der Waals surface area contributed by atoms with E-state index < -0.39 is 18.3 Å². The largest absolute Gasteiger partial charge is 0.392 e. The van der Waals surface area contributed by atoms with Gasteiger partial charge in [0.15, 0.2) is 0 Å². The molecule has 13 heavy (non-hydrogen) atoms. The SMILES string of the molecule is CCOP(=O)(OCC)[C@H](Br)[C@H](C)O. The number of hydrogen-bond acceptors (Lipinski definition) is 4. The van der Waals surface area contributed by atoms with E-state index in [2.05, 4.69) is 15.9 Å². The first kappa shape index (κ1) is 13.6. The Morgan fingerprint density at radius 3 is 2.00 bits per heavy atom. The highest BCUT2D eigenvalue weighted by Gasteiger charge is 2.36. The third-order valence-corrected chi connectivity index (χ3v) is 5.86. The van der Waals surface area contributed by atoms with Crippen molar-refractivity contribution in [2.24, 2.45) is 0 Å². The lowest BCUT2D eigenvalue weighted by atomic mass is 10.5. The van der Waals surface area contributed by atoms with Gasteiger partial charge >= 0.3 is 7.60 Å². The summed E-state index contributed by atoms with van der Waals surface area (Å²) in [6.07, 6.45) is -0.774. The molecule has 0 saturated heterocycles. The van der Waals surface area contributed by atoms with E-state index >= 15 is 0 Å². The molecule has 0 aromatic carbocycles.